The van der Waals surface area contributed by atoms with Gasteiger partial charge in [-0.3, -0.25) is 4.79 Å². The smallest absolute Gasteiger partial charge is 0.232 e. The van der Waals surface area contributed by atoms with Gasteiger partial charge in [0.25, 0.3) is 0 Å². The van der Waals surface area contributed by atoms with Gasteiger partial charge in [-0.15, -0.1) is 11.8 Å². The highest BCUT2D eigenvalue weighted by molar-refractivity contribution is 8.00. The molecular formula is C13H20N2OS. The molecule has 0 aromatic heterocycles. The second-order valence-corrected chi connectivity index (χ2v) is 4.92. The highest BCUT2D eigenvalue weighted by Crippen LogP contribution is 2.16. The van der Waals surface area contributed by atoms with Crippen LogP contribution in [0.3, 0.4) is 0 Å². The minimum absolute atomic E-state index is 0.190. The Morgan fingerprint density at radius 3 is 2.71 bits per heavy atom. The fourth-order valence-corrected chi connectivity index (χ4v) is 2.25. The molecule has 17 heavy (non-hydrogen) atoms. The van der Waals surface area contributed by atoms with Gasteiger partial charge in [0.2, 0.25) is 5.91 Å². The van der Waals surface area contributed by atoms with Crippen molar-refractivity contribution in [2.24, 2.45) is 0 Å². The maximum Gasteiger partial charge on any atom is 0.232 e. The number of thioether (sulfide) groups is 1. The number of benzene rings is 1. The van der Waals surface area contributed by atoms with E-state index in [2.05, 4.69) is 5.32 Å². The molecule has 94 valence electrons. The van der Waals surface area contributed by atoms with Crippen LogP contribution in [0.15, 0.2) is 35.2 Å². The maximum absolute atomic E-state index is 11.8. The van der Waals surface area contributed by atoms with Gasteiger partial charge in [-0.05, 0) is 32.1 Å². The van der Waals surface area contributed by atoms with Crippen LogP contribution in [0.4, 0.5) is 0 Å². The topological polar surface area (TPSA) is 32.3 Å². The fraction of sp³-hybridized carbons (Fsp3) is 0.462. The molecule has 0 saturated heterocycles. The number of hydrogen-bond donors (Lipinski definition) is 1. The van der Waals surface area contributed by atoms with Crippen LogP contribution in [0.1, 0.15) is 6.42 Å². The summed E-state index contributed by atoms with van der Waals surface area (Å²) in [6, 6.07) is 10.0. The minimum atomic E-state index is 0.190. The minimum Gasteiger partial charge on any atom is -0.345 e. The van der Waals surface area contributed by atoms with E-state index in [1.54, 1.807) is 16.7 Å². The van der Waals surface area contributed by atoms with E-state index in [4.69, 9.17) is 0 Å². The lowest BCUT2D eigenvalue weighted by Gasteiger charge is -2.16. The summed E-state index contributed by atoms with van der Waals surface area (Å²) in [6.45, 7) is 1.76. The molecule has 4 heteroatoms. The monoisotopic (exact) mass is 252 g/mol. The van der Waals surface area contributed by atoms with Gasteiger partial charge in [0.1, 0.15) is 0 Å². The van der Waals surface area contributed by atoms with Gasteiger partial charge in [-0.25, -0.2) is 0 Å². The summed E-state index contributed by atoms with van der Waals surface area (Å²) >= 11 is 1.59. The number of nitrogens with zero attached hydrogens (tertiary/aromatic N) is 1. The SMILES string of the molecule is CNCCCN(C)C(=O)CSc1ccccc1. The van der Waals surface area contributed by atoms with E-state index < -0.39 is 0 Å². The fourth-order valence-electron chi connectivity index (χ4n) is 1.39. The van der Waals surface area contributed by atoms with Crippen molar-refractivity contribution in [3.8, 4) is 0 Å². The first kappa shape index (κ1) is 14.1. The van der Waals surface area contributed by atoms with Gasteiger partial charge in [-0.2, -0.15) is 0 Å². The molecule has 0 atom stereocenters. The Labute approximate surface area is 108 Å². The molecule has 0 aliphatic heterocycles. The largest absolute Gasteiger partial charge is 0.345 e. The van der Waals surface area contributed by atoms with Gasteiger partial charge in [0.05, 0.1) is 5.75 Å². The van der Waals surface area contributed by atoms with Crippen LogP contribution < -0.4 is 5.32 Å². The van der Waals surface area contributed by atoms with Gasteiger partial charge in [-0.1, -0.05) is 18.2 Å². The van der Waals surface area contributed by atoms with Crippen molar-refractivity contribution in [1.29, 1.82) is 0 Å². The lowest BCUT2D eigenvalue weighted by molar-refractivity contribution is -0.127. The molecular weight excluding hydrogens is 232 g/mol. The summed E-state index contributed by atoms with van der Waals surface area (Å²) < 4.78 is 0. The van der Waals surface area contributed by atoms with Crippen LogP contribution >= 0.6 is 11.8 Å². The molecule has 0 unspecified atom stereocenters. The summed E-state index contributed by atoms with van der Waals surface area (Å²) in [5.41, 5.74) is 0. The summed E-state index contributed by atoms with van der Waals surface area (Å²) in [5.74, 6) is 0.704. The first-order valence-electron chi connectivity index (χ1n) is 5.80. The van der Waals surface area contributed by atoms with Gasteiger partial charge >= 0.3 is 0 Å². The molecule has 0 aliphatic rings. The Kier molecular flexibility index (Phi) is 6.74. The number of carbonyl (C=O) groups excluding carboxylic acids is 1. The van der Waals surface area contributed by atoms with Gasteiger partial charge in [0.15, 0.2) is 0 Å². The third-order valence-electron chi connectivity index (χ3n) is 2.45. The van der Waals surface area contributed by atoms with Crippen molar-refractivity contribution in [2.45, 2.75) is 11.3 Å². The molecule has 1 rings (SSSR count). The van der Waals surface area contributed by atoms with Crippen LogP contribution in [0, 0.1) is 0 Å². The number of nitrogens with one attached hydrogen (secondary N) is 1. The van der Waals surface area contributed by atoms with E-state index in [0.717, 1.165) is 24.4 Å². The van der Waals surface area contributed by atoms with Crippen LogP contribution in [0.5, 0.6) is 0 Å². The molecule has 0 bridgehead atoms. The first-order chi connectivity index (χ1) is 8.24. The van der Waals surface area contributed by atoms with Crippen molar-refractivity contribution in [3.63, 3.8) is 0 Å². The van der Waals surface area contributed by atoms with E-state index in [0.29, 0.717) is 5.75 Å². The van der Waals surface area contributed by atoms with Crippen molar-refractivity contribution in [2.75, 3.05) is 32.9 Å². The van der Waals surface area contributed by atoms with Crippen molar-refractivity contribution in [3.05, 3.63) is 30.3 Å². The van der Waals surface area contributed by atoms with Crippen LogP contribution in [0.25, 0.3) is 0 Å². The average molecular weight is 252 g/mol. The maximum atomic E-state index is 11.8. The Bertz CT molecular complexity index is 329. The van der Waals surface area contributed by atoms with Crippen molar-refractivity contribution < 1.29 is 4.79 Å². The van der Waals surface area contributed by atoms with Crippen molar-refractivity contribution >= 4 is 17.7 Å². The Balaban J connectivity index is 2.24. The quantitative estimate of drug-likeness (QED) is 0.594. The summed E-state index contributed by atoms with van der Waals surface area (Å²) in [6.07, 6.45) is 0.995. The molecule has 3 nitrogen and oxygen atoms in total. The predicted molar refractivity (Wildman–Crippen MR) is 73.3 cm³/mol. The highest BCUT2D eigenvalue weighted by Gasteiger charge is 2.08. The molecule has 1 aromatic carbocycles. The third-order valence-corrected chi connectivity index (χ3v) is 3.45. The van der Waals surface area contributed by atoms with E-state index in [1.807, 2.05) is 44.4 Å². The summed E-state index contributed by atoms with van der Waals surface area (Å²) in [4.78, 5) is 14.7. The molecule has 1 aromatic rings. The second-order valence-electron chi connectivity index (χ2n) is 3.87. The molecule has 0 fully saturated rings. The summed E-state index contributed by atoms with van der Waals surface area (Å²) in [5, 5.41) is 3.08. The van der Waals surface area contributed by atoms with Crippen LogP contribution in [-0.4, -0.2) is 43.7 Å². The number of amides is 1. The highest BCUT2D eigenvalue weighted by atomic mass is 32.2. The van der Waals surface area contributed by atoms with Crippen LogP contribution in [0.2, 0.25) is 0 Å². The van der Waals surface area contributed by atoms with E-state index >= 15 is 0 Å². The normalized spacial score (nSPS) is 10.2. The number of hydrogen-bond acceptors (Lipinski definition) is 3. The molecule has 0 heterocycles. The molecule has 0 radical (unpaired) electrons. The molecule has 0 spiro atoms. The van der Waals surface area contributed by atoms with Gasteiger partial charge in [0, 0.05) is 18.5 Å². The lowest BCUT2D eigenvalue weighted by atomic mass is 10.4. The number of rotatable bonds is 7. The summed E-state index contributed by atoms with van der Waals surface area (Å²) in [7, 11) is 3.79. The Hall–Kier alpha value is -1.00. The zero-order chi connectivity index (χ0) is 12.5. The average Bonchev–Trinajstić information content (AvgIpc) is 2.37. The molecule has 0 saturated carbocycles. The number of carbonyl (C=O) groups is 1. The van der Waals surface area contributed by atoms with E-state index in [9.17, 15) is 4.79 Å². The third kappa shape index (κ3) is 5.75. The van der Waals surface area contributed by atoms with E-state index in [-0.39, 0.29) is 5.91 Å². The van der Waals surface area contributed by atoms with Gasteiger partial charge < -0.3 is 10.2 Å². The standard InChI is InChI=1S/C13H20N2OS/c1-14-9-6-10-15(2)13(16)11-17-12-7-4-3-5-8-12/h3-5,7-8,14H,6,9-11H2,1-2H3. The second kappa shape index (κ2) is 8.14. The van der Waals surface area contributed by atoms with Crippen LogP contribution in [-0.2, 0) is 4.79 Å². The zero-order valence-corrected chi connectivity index (χ0v) is 11.3. The Morgan fingerprint density at radius 2 is 2.06 bits per heavy atom. The lowest BCUT2D eigenvalue weighted by Crippen LogP contribution is -2.30. The van der Waals surface area contributed by atoms with Crippen molar-refractivity contribution in [1.82, 2.24) is 10.2 Å². The molecule has 1 amide bonds. The molecule has 1 N–H and O–H groups in total. The Morgan fingerprint density at radius 1 is 1.35 bits per heavy atom. The van der Waals surface area contributed by atoms with E-state index in [1.165, 1.54) is 0 Å². The molecule has 0 aliphatic carbocycles. The zero-order valence-electron chi connectivity index (χ0n) is 10.5. The predicted octanol–water partition coefficient (Wildman–Crippen LogP) is 1.85. The first-order valence-corrected chi connectivity index (χ1v) is 6.79.